The van der Waals surface area contributed by atoms with Crippen LogP contribution < -0.4 is 5.32 Å². The van der Waals surface area contributed by atoms with E-state index in [0.29, 0.717) is 0 Å². The van der Waals surface area contributed by atoms with Crippen molar-refractivity contribution in [3.8, 4) is 0 Å². The average molecular weight is 243 g/mol. The molecule has 0 saturated heterocycles. The van der Waals surface area contributed by atoms with E-state index in [0.717, 1.165) is 18.9 Å². The molecule has 0 aromatic heterocycles. The number of hydrogen-bond donors (Lipinski definition) is 1. The molecule has 1 atom stereocenters. The molecule has 2 rings (SSSR count). The van der Waals surface area contributed by atoms with E-state index in [-0.39, 0.29) is 0 Å². The third-order valence-corrected chi connectivity index (χ3v) is 3.95. The minimum atomic E-state index is 0.751. The molecular formula is C17H25N. The standard InChI is InChI=1S/C17H25N/c1-14(7-6-12-18-2)13-16-10-5-9-15-8-3-4-11-17(15)16/h3-4,7-8,11,16,18H,5-6,9-10,12-13H2,1-2H3. The van der Waals surface area contributed by atoms with Gasteiger partial charge in [-0.25, -0.2) is 0 Å². The van der Waals surface area contributed by atoms with Crippen molar-refractivity contribution in [1.82, 2.24) is 5.32 Å². The van der Waals surface area contributed by atoms with Crippen LogP contribution in [0.25, 0.3) is 0 Å². The number of allylic oxidation sites excluding steroid dienone is 1. The lowest BCUT2D eigenvalue weighted by atomic mass is 9.79. The molecule has 1 aromatic carbocycles. The molecule has 1 aliphatic rings. The largest absolute Gasteiger partial charge is 0.319 e. The van der Waals surface area contributed by atoms with Gasteiger partial charge in [0.25, 0.3) is 0 Å². The summed E-state index contributed by atoms with van der Waals surface area (Å²) in [6, 6.07) is 9.01. The fourth-order valence-corrected chi connectivity index (χ4v) is 3.00. The summed E-state index contributed by atoms with van der Waals surface area (Å²) in [4.78, 5) is 0. The summed E-state index contributed by atoms with van der Waals surface area (Å²) in [5.74, 6) is 0.751. The van der Waals surface area contributed by atoms with Gasteiger partial charge in [-0.15, -0.1) is 0 Å². The van der Waals surface area contributed by atoms with Gasteiger partial charge in [-0.1, -0.05) is 35.9 Å². The van der Waals surface area contributed by atoms with Gasteiger partial charge in [0.05, 0.1) is 0 Å². The first kappa shape index (κ1) is 13.4. The Morgan fingerprint density at radius 2 is 2.22 bits per heavy atom. The Hall–Kier alpha value is -1.08. The van der Waals surface area contributed by atoms with Crippen LogP contribution in [0.4, 0.5) is 0 Å². The highest BCUT2D eigenvalue weighted by molar-refractivity contribution is 5.33. The van der Waals surface area contributed by atoms with Gasteiger partial charge in [-0.2, -0.15) is 0 Å². The first-order valence-corrected chi connectivity index (χ1v) is 7.19. The van der Waals surface area contributed by atoms with Gasteiger partial charge in [0.2, 0.25) is 0 Å². The summed E-state index contributed by atoms with van der Waals surface area (Å²) in [7, 11) is 2.01. The Balaban J connectivity index is 2.00. The summed E-state index contributed by atoms with van der Waals surface area (Å²) in [6.07, 6.45) is 8.76. The molecule has 1 unspecified atom stereocenters. The van der Waals surface area contributed by atoms with Gasteiger partial charge < -0.3 is 5.32 Å². The van der Waals surface area contributed by atoms with Crippen LogP contribution in [-0.4, -0.2) is 13.6 Å². The van der Waals surface area contributed by atoms with E-state index >= 15 is 0 Å². The molecule has 98 valence electrons. The topological polar surface area (TPSA) is 12.0 Å². The van der Waals surface area contributed by atoms with Crippen molar-refractivity contribution >= 4 is 0 Å². The Kier molecular flexibility index (Phi) is 5.00. The monoisotopic (exact) mass is 243 g/mol. The van der Waals surface area contributed by atoms with E-state index in [2.05, 4.69) is 42.6 Å². The summed E-state index contributed by atoms with van der Waals surface area (Å²) in [6.45, 7) is 3.37. The number of benzene rings is 1. The Morgan fingerprint density at radius 3 is 3.06 bits per heavy atom. The van der Waals surface area contributed by atoms with Crippen molar-refractivity contribution in [1.29, 1.82) is 0 Å². The average Bonchev–Trinajstić information content (AvgIpc) is 2.39. The molecule has 1 aliphatic carbocycles. The maximum absolute atomic E-state index is 3.20. The van der Waals surface area contributed by atoms with Gasteiger partial charge >= 0.3 is 0 Å². The zero-order chi connectivity index (χ0) is 12.8. The van der Waals surface area contributed by atoms with Crippen LogP contribution in [0.3, 0.4) is 0 Å². The number of rotatable bonds is 5. The van der Waals surface area contributed by atoms with E-state index in [4.69, 9.17) is 0 Å². The van der Waals surface area contributed by atoms with Crippen LogP contribution >= 0.6 is 0 Å². The molecule has 18 heavy (non-hydrogen) atoms. The molecule has 1 heteroatoms. The third-order valence-electron chi connectivity index (χ3n) is 3.95. The number of fused-ring (bicyclic) bond motifs is 1. The van der Waals surface area contributed by atoms with Gasteiger partial charge in [0.15, 0.2) is 0 Å². The molecule has 0 heterocycles. The minimum Gasteiger partial charge on any atom is -0.319 e. The Labute approximate surface area is 111 Å². The molecule has 0 spiro atoms. The van der Waals surface area contributed by atoms with Crippen molar-refractivity contribution in [3.63, 3.8) is 0 Å². The smallest absolute Gasteiger partial charge is 0.00172 e. The molecular weight excluding hydrogens is 218 g/mol. The van der Waals surface area contributed by atoms with Crippen molar-refractivity contribution < 1.29 is 0 Å². The van der Waals surface area contributed by atoms with Crippen molar-refractivity contribution in [2.75, 3.05) is 13.6 Å². The number of aryl methyl sites for hydroxylation is 1. The highest BCUT2D eigenvalue weighted by Crippen LogP contribution is 2.35. The van der Waals surface area contributed by atoms with Crippen molar-refractivity contribution in [2.45, 2.75) is 44.9 Å². The summed E-state index contributed by atoms with van der Waals surface area (Å²) in [5.41, 5.74) is 4.73. The lowest BCUT2D eigenvalue weighted by Crippen LogP contribution is -2.10. The molecule has 0 saturated carbocycles. The fourth-order valence-electron chi connectivity index (χ4n) is 3.00. The molecule has 0 bridgehead atoms. The summed E-state index contributed by atoms with van der Waals surface area (Å²) < 4.78 is 0. The van der Waals surface area contributed by atoms with Crippen LogP contribution in [0, 0.1) is 0 Å². The van der Waals surface area contributed by atoms with Gasteiger partial charge in [-0.3, -0.25) is 0 Å². The molecule has 0 aliphatic heterocycles. The first-order valence-electron chi connectivity index (χ1n) is 7.19. The second-order valence-corrected chi connectivity index (χ2v) is 5.43. The zero-order valence-electron chi connectivity index (χ0n) is 11.7. The third kappa shape index (κ3) is 3.46. The van der Waals surface area contributed by atoms with E-state index in [1.165, 1.54) is 25.7 Å². The lowest BCUT2D eigenvalue weighted by Gasteiger charge is -2.25. The highest BCUT2D eigenvalue weighted by Gasteiger charge is 2.19. The van der Waals surface area contributed by atoms with E-state index in [1.807, 2.05) is 7.05 Å². The van der Waals surface area contributed by atoms with Crippen LogP contribution in [-0.2, 0) is 6.42 Å². The molecule has 0 amide bonds. The van der Waals surface area contributed by atoms with Crippen LogP contribution in [0.5, 0.6) is 0 Å². The van der Waals surface area contributed by atoms with E-state index in [1.54, 1.807) is 16.7 Å². The lowest BCUT2D eigenvalue weighted by molar-refractivity contribution is 0.548. The molecule has 1 nitrogen and oxygen atoms in total. The molecule has 0 fully saturated rings. The SMILES string of the molecule is CNCCC=C(C)CC1CCCc2ccccc21. The van der Waals surface area contributed by atoms with E-state index in [9.17, 15) is 0 Å². The minimum absolute atomic E-state index is 0.751. The van der Waals surface area contributed by atoms with Gasteiger partial charge in [0.1, 0.15) is 0 Å². The molecule has 0 radical (unpaired) electrons. The van der Waals surface area contributed by atoms with Gasteiger partial charge in [-0.05, 0) is 69.7 Å². The second kappa shape index (κ2) is 6.75. The predicted octanol–water partition coefficient (Wildman–Crippen LogP) is 4.05. The van der Waals surface area contributed by atoms with Gasteiger partial charge in [0, 0.05) is 0 Å². The number of hydrogen-bond acceptors (Lipinski definition) is 1. The molecule has 1 N–H and O–H groups in total. The van der Waals surface area contributed by atoms with Crippen LogP contribution in [0.2, 0.25) is 0 Å². The summed E-state index contributed by atoms with van der Waals surface area (Å²) in [5, 5.41) is 3.20. The Morgan fingerprint density at radius 1 is 1.39 bits per heavy atom. The van der Waals surface area contributed by atoms with Crippen molar-refractivity contribution in [2.24, 2.45) is 0 Å². The maximum Gasteiger partial charge on any atom is -0.00172 e. The van der Waals surface area contributed by atoms with Crippen LogP contribution in [0.1, 0.15) is 49.7 Å². The van der Waals surface area contributed by atoms with E-state index < -0.39 is 0 Å². The summed E-state index contributed by atoms with van der Waals surface area (Å²) >= 11 is 0. The first-order chi connectivity index (χ1) is 8.81. The van der Waals surface area contributed by atoms with Crippen LogP contribution in [0.15, 0.2) is 35.9 Å². The highest BCUT2D eigenvalue weighted by atomic mass is 14.8. The fraction of sp³-hybridized carbons (Fsp3) is 0.529. The zero-order valence-corrected chi connectivity index (χ0v) is 11.7. The molecule has 1 aromatic rings. The predicted molar refractivity (Wildman–Crippen MR) is 79.0 cm³/mol. The Bertz CT molecular complexity index is 406. The number of nitrogens with one attached hydrogen (secondary N) is 1. The quantitative estimate of drug-likeness (QED) is 0.607. The normalized spacial score (nSPS) is 19.7. The second-order valence-electron chi connectivity index (χ2n) is 5.43. The van der Waals surface area contributed by atoms with Crippen molar-refractivity contribution in [3.05, 3.63) is 47.0 Å². The maximum atomic E-state index is 3.20.